The lowest BCUT2D eigenvalue weighted by molar-refractivity contribution is 0.256. The van der Waals surface area contributed by atoms with Gasteiger partial charge in [0.25, 0.3) is 3.91 Å². The molecule has 1 amide bonds. The van der Waals surface area contributed by atoms with Crippen molar-refractivity contribution < 1.29 is 4.79 Å². The molecule has 0 aliphatic heterocycles. The number of carbonyl (C=O) groups is 1. The summed E-state index contributed by atoms with van der Waals surface area (Å²) >= 11 is 3.84. The first-order valence-corrected chi connectivity index (χ1v) is 5.40. The van der Waals surface area contributed by atoms with Gasteiger partial charge in [-0.3, -0.25) is 8.32 Å². The second kappa shape index (κ2) is 5.52. The van der Waals surface area contributed by atoms with Crippen molar-refractivity contribution in [3.63, 3.8) is 0 Å². The summed E-state index contributed by atoms with van der Waals surface area (Å²) in [6, 6.07) is 0. The Morgan fingerprint density at radius 1 is 1.45 bits per heavy atom. The second-order valence-electron chi connectivity index (χ2n) is 3.10. The highest BCUT2D eigenvalue weighted by atomic mass is 127. The zero-order valence-corrected chi connectivity index (χ0v) is 10.9. The minimum atomic E-state index is 0.00383. The van der Waals surface area contributed by atoms with Crippen LogP contribution in [-0.2, 0) is 0 Å². The minimum Gasteiger partial charge on any atom is -0.347 e. The van der Waals surface area contributed by atoms with E-state index in [0.717, 1.165) is 6.54 Å². The third-order valence-electron chi connectivity index (χ3n) is 1.25. The number of rotatable bonds is 4. The molecular weight excluding hydrogens is 370 g/mol. The number of halogens is 2. The fourth-order valence-electron chi connectivity index (χ4n) is 0.552. The quantitative estimate of drug-likeness (QED) is 0.339. The van der Waals surface area contributed by atoms with Crippen molar-refractivity contribution in [3.8, 4) is 0 Å². The SMILES string of the molecule is CC(C)(CNI)CNC(=O)I. The van der Waals surface area contributed by atoms with Gasteiger partial charge >= 0.3 is 0 Å². The molecule has 0 aromatic carbocycles. The van der Waals surface area contributed by atoms with Crippen molar-refractivity contribution in [2.75, 3.05) is 13.1 Å². The highest BCUT2D eigenvalue weighted by Gasteiger charge is 2.16. The molecule has 2 N–H and O–H groups in total. The molecular formula is C6H12I2N2O. The highest BCUT2D eigenvalue weighted by molar-refractivity contribution is 14.1. The Morgan fingerprint density at radius 2 is 2.00 bits per heavy atom. The topological polar surface area (TPSA) is 41.1 Å². The molecule has 0 heterocycles. The van der Waals surface area contributed by atoms with E-state index in [0.29, 0.717) is 6.54 Å². The summed E-state index contributed by atoms with van der Waals surface area (Å²) in [5, 5.41) is 2.78. The first-order valence-electron chi connectivity index (χ1n) is 3.25. The van der Waals surface area contributed by atoms with Crippen LogP contribution in [0.1, 0.15) is 13.8 Å². The predicted molar refractivity (Wildman–Crippen MR) is 63.2 cm³/mol. The molecule has 66 valence electrons. The lowest BCUT2D eigenvalue weighted by atomic mass is 9.94. The van der Waals surface area contributed by atoms with E-state index in [9.17, 15) is 4.79 Å². The van der Waals surface area contributed by atoms with Crippen LogP contribution in [0.4, 0.5) is 4.79 Å². The molecule has 0 radical (unpaired) electrons. The zero-order chi connectivity index (χ0) is 8.91. The molecule has 0 aliphatic rings. The van der Waals surface area contributed by atoms with Crippen LogP contribution in [0.25, 0.3) is 0 Å². The van der Waals surface area contributed by atoms with Crippen molar-refractivity contribution in [2.45, 2.75) is 13.8 Å². The Labute approximate surface area is 94.7 Å². The summed E-state index contributed by atoms with van der Waals surface area (Å²) < 4.78 is 3.05. The molecule has 0 atom stereocenters. The average Bonchev–Trinajstić information content (AvgIpc) is 1.84. The van der Waals surface area contributed by atoms with Gasteiger partial charge in [-0.2, -0.15) is 0 Å². The lowest BCUT2D eigenvalue weighted by Gasteiger charge is -2.23. The molecule has 5 heteroatoms. The van der Waals surface area contributed by atoms with Gasteiger partial charge in [-0.15, -0.1) is 0 Å². The van der Waals surface area contributed by atoms with Gasteiger partial charge in [-0.05, 0) is 5.41 Å². The molecule has 0 rings (SSSR count). The summed E-state index contributed by atoms with van der Waals surface area (Å²) in [5.41, 5.74) is 0.127. The van der Waals surface area contributed by atoms with Crippen LogP contribution in [0.3, 0.4) is 0 Å². The first kappa shape index (κ1) is 11.9. The summed E-state index contributed by atoms with van der Waals surface area (Å²) in [6.45, 7) is 5.81. The fraction of sp³-hybridized carbons (Fsp3) is 0.833. The summed E-state index contributed by atoms with van der Waals surface area (Å²) in [5.74, 6) is 0. The lowest BCUT2D eigenvalue weighted by Crippen LogP contribution is -2.36. The minimum absolute atomic E-state index is 0.00383. The van der Waals surface area contributed by atoms with Crippen LogP contribution in [0.5, 0.6) is 0 Å². The fourth-order valence-corrected chi connectivity index (χ4v) is 1.78. The standard InChI is InChI=1S/C6H12I2N2O/c1-6(2,4-10-8)3-9-5(7)11/h10H,3-4H2,1-2H3,(H,9,11). The largest absolute Gasteiger partial charge is 0.347 e. The van der Waals surface area contributed by atoms with Crippen LogP contribution < -0.4 is 8.85 Å². The maximum atomic E-state index is 10.5. The molecule has 0 aromatic rings. The molecule has 0 unspecified atom stereocenters. The maximum absolute atomic E-state index is 10.5. The Morgan fingerprint density at radius 3 is 2.36 bits per heavy atom. The van der Waals surface area contributed by atoms with E-state index in [4.69, 9.17) is 0 Å². The van der Waals surface area contributed by atoms with Gasteiger partial charge in [0.15, 0.2) is 0 Å². The van der Waals surface area contributed by atoms with Gasteiger partial charge < -0.3 is 5.32 Å². The number of amides is 1. The van der Waals surface area contributed by atoms with Crippen molar-refractivity contribution in [1.82, 2.24) is 8.85 Å². The smallest absolute Gasteiger partial charge is 0.280 e. The first-order chi connectivity index (χ1) is 4.98. The average molecular weight is 382 g/mol. The Hall–Kier alpha value is 0.890. The van der Waals surface area contributed by atoms with E-state index in [-0.39, 0.29) is 9.33 Å². The van der Waals surface area contributed by atoms with E-state index in [1.54, 1.807) is 22.6 Å². The second-order valence-corrected chi connectivity index (χ2v) is 4.84. The van der Waals surface area contributed by atoms with E-state index in [2.05, 4.69) is 45.6 Å². The highest BCUT2D eigenvalue weighted by Crippen LogP contribution is 2.12. The van der Waals surface area contributed by atoms with Gasteiger partial charge in [-0.25, -0.2) is 0 Å². The number of hydrogen-bond donors (Lipinski definition) is 2. The van der Waals surface area contributed by atoms with Crippen molar-refractivity contribution >= 4 is 49.4 Å². The van der Waals surface area contributed by atoms with Gasteiger partial charge in [0.05, 0.1) is 0 Å². The summed E-state index contributed by atoms with van der Waals surface area (Å²) in [6.07, 6.45) is 0. The van der Waals surface area contributed by atoms with Crippen molar-refractivity contribution in [3.05, 3.63) is 0 Å². The molecule has 0 aromatic heterocycles. The zero-order valence-electron chi connectivity index (χ0n) is 6.58. The van der Waals surface area contributed by atoms with Gasteiger partial charge in [0.1, 0.15) is 0 Å². The van der Waals surface area contributed by atoms with Crippen LogP contribution >= 0.6 is 45.5 Å². The number of hydrogen-bond acceptors (Lipinski definition) is 2. The van der Waals surface area contributed by atoms with E-state index < -0.39 is 0 Å². The summed E-state index contributed by atoms with van der Waals surface area (Å²) in [4.78, 5) is 10.5. The molecule has 0 saturated carbocycles. The number of nitrogens with one attached hydrogen (secondary N) is 2. The molecule has 3 nitrogen and oxygen atoms in total. The van der Waals surface area contributed by atoms with E-state index in [1.807, 2.05) is 0 Å². The third kappa shape index (κ3) is 7.26. The van der Waals surface area contributed by atoms with E-state index >= 15 is 0 Å². The Balaban J connectivity index is 3.63. The van der Waals surface area contributed by atoms with E-state index in [1.165, 1.54) is 0 Å². The molecule has 0 aliphatic carbocycles. The molecule has 0 saturated heterocycles. The number of carbonyl (C=O) groups excluding carboxylic acids is 1. The van der Waals surface area contributed by atoms with Gasteiger partial charge in [0.2, 0.25) is 0 Å². The Kier molecular flexibility index (Phi) is 5.97. The maximum Gasteiger partial charge on any atom is 0.280 e. The predicted octanol–water partition coefficient (Wildman–Crippen LogP) is 2.10. The normalized spacial score (nSPS) is 11.3. The molecule has 0 spiro atoms. The van der Waals surface area contributed by atoms with Crippen LogP contribution in [0.15, 0.2) is 0 Å². The van der Waals surface area contributed by atoms with Crippen molar-refractivity contribution in [2.24, 2.45) is 5.41 Å². The van der Waals surface area contributed by atoms with Crippen LogP contribution in [0, 0.1) is 5.41 Å². The Bertz CT molecular complexity index is 139. The van der Waals surface area contributed by atoms with Gasteiger partial charge in [-0.1, -0.05) is 13.8 Å². The van der Waals surface area contributed by atoms with Gasteiger partial charge in [0, 0.05) is 58.5 Å². The van der Waals surface area contributed by atoms with Crippen LogP contribution in [0.2, 0.25) is 0 Å². The van der Waals surface area contributed by atoms with Crippen molar-refractivity contribution in [1.29, 1.82) is 0 Å². The summed E-state index contributed by atoms with van der Waals surface area (Å²) in [7, 11) is 0. The monoisotopic (exact) mass is 382 g/mol. The third-order valence-corrected chi connectivity index (χ3v) is 2.01. The van der Waals surface area contributed by atoms with Crippen LogP contribution in [-0.4, -0.2) is 17.0 Å². The molecule has 0 fully saturated rings. The molecule has 0 bridgehead atoms. The molecule has 11 heavy (non-hydrogen) atoms.